The maximum Gasteiger partial charge on any atom is 0.0305 e. The molecule has 1 fully saturated rings. The quantitative estimate of drug-likeness (QED) is 0.850. The monoisotopic (exact) mass is 266 g/mol. The van der Waals surface area contributed by atoms with Gasteiger partial charge in [-0.05, 0) is 56.3 Å². The van der Waals surface area contributed by atoms with Crippen LogP contribution >= 0.6 is 11.3 Å². The molecule has 1 unspecified atom stereocenters. The lowest BCUT2D eigenvalue weighted by Gasteiger charge is -2.29. The first-order valence-corrected chi connectivity index (χ1v) is 8.18. The highest BCUT2D eigenvalue weighted by Gasteiger charge is 2.13. The molecule has 0 radical (unpaired) electrons. The van der Waals surface area contributed by atoms with Crippen LogP contribution in [0.15, 0.2) is 11.4 Å². The van der Waals surface area contributed by atoms with E-state index < -0.39 is 0 Å². The smallest absolute Gasteiger partial charge is 0.0305 e. The fourth-order valence-corrected chi connectivity index (χ4v) is 3.62. The van der Waals surface area contributed by atoms with E-state index in [2.05, 4.69) is 35.5 Å². The first-order chi connectivity index (χ1) is 8.79. The molecule has 1 aromatic rings. The Morgan fingerprint density at radius 1 is 1.33 bits per heavy atom. The molecule has 0 spiro atoms. The second kappa shape index (κ2) is 7.27. The Morgan fingerprint density at radius 2 is 2.11 bits per heavy atom. The highest BCUT2D eigenvalue weighted by molar-refractivity contribution is 7.10. The van der Waals surface area contributed by atoms with Crippen LogP contribution in [0.5, 0.6) is 0 Å². The standard InChI is InChI=1S/C15H26N2S/c1-3-14-7-10-18-15(14)11-16-13(2)12-17-8-5-4-6-9-17/h7,10,13,16H,3-6,8-9,11-12H2,1-2H3. The molecule has 3 heteroatoms. The van der Waals surface area contributed by atoms with Gasteiger partial charge in [-0.25, -0.2) is 0 Å². The largest absolute Gasteiger partial charge is 0.308 e. The van der Waals surface area contributed by atoms with E-state index in [9.17, 15) is 0 Å². The Balaban J connectivity index is 1.72. The van der Waals surface area contributed by atoms with Gasteiger partial charge in [0.25, 0.3) is 0 Å². The van der Waals surface area contributed by atoms with Gasteiger partial charge >= 0.3 is 0 Å². The molecule has 1 N–H and O–H groups in total. The molecule has 0 amide bonds. The highest BCUT2D eigenvalue weighted by atomic mass is 32.1. The first kappa shape index (κ1) is 14.0. The molecule has 0 bridgehead atoms. The summed E-state index contributed by atoms with van der Waals surface area (Å²) in [5.41, 5.74) is 1.51. The van der Waals surface area contributed by atoms with Crippen molar-refractivity contribution in [2.75, 3.05) is 19.6 Å². The van der Waals surface area contributed by atoms with Crippen LogP contribution in [-0.4, -0.2) is 30.6 Å². The molecule has 2 rings (SSSR count). The summed E-state index contributed by atoms with van der Waals surface area (Å²) in [6.45, 7) is 9.38. The van der Waals surface area contributed by atoms with Gasteiger partial charge in [-0.3, -0.25) is 0 Å². The van der Waals surface area contributed by atoms with Crippen molar-refractivity contribution in [1.82, 2.24) is 10.2 Å². The molecule has 0 saturated carbocycles. The van der Waals surface area contributed by atoms with Crippen molar-refractivity contribution in [1.29, 1.82) is 0 Å². The van der Waals surface area contributed by atoms with E-state index in [0.29, 0.717) is 6.04 Å². The number of hydrogen-bond donors (Lipinski definition) is 1. The van der Waals surface area contributed by atoms with Crippen molar-refractivity contribution < 1.29 is 0 Å². The summed E-state index contributed by atoms with van der Waals surface area (Å²) in [5, 5.41) is 5.89. The summed E-state index contributed by atoms with van der Waals surface area (Å²) in [6, 6.07) is 2.85. The number of piperidine rings is 1. The van der Waals surface area contributed by atoms with E-state index in [0.717, 1.165) is 13.0 Å². The second-order valence-electron chi connectivity index (χ2n) is 5.37. The van der Waals surface area contributed by atoms with Crippen molar-refractivity contribution in [3.05, 3.63) is 21.9 Å². The minimum atomic E-state index is 0.593. The van der Waals surface area contributed by atoms with Gasteiger partial charge in [0.15, 0.2) is 0 Å². The van der Waals surface area contributed by atoms with Gasteiger partial charge in [0.2, 0.25) is 0 Å². The Bertz CT molecular complexity index is 342. The third-order valence-electron chi connectivity index (χ3n) is 3.81. The van der Waals surface area contributed by atoms with Gasteiger partial charge in [-0.1, -0.05) is 13.3 Å². The summed E-state index contributed by atoms with van der Waals surface area (Å²) in [5.74, 6) is 0. The third-order valence-corrected chi connectivity index (χ3v) is 4.77. The zero-order valence-corrected chi connectivity index (χ0v) is 12.6. The number of thiophene rings is 1. The Hall–Kier alpha value is -0.380. The topological polar surface area (TPSA) is 15.3 Å². The molecule has 2 nitrogen and oxygen atoms in total. The average molecular weight is 266 g/mol. The van der Waals surface area contributed by atoms with Crippen molar-refractivity contribution in [2.24, 2.45) is 0 Å². The van der Waals surface area contributed by atoms with Gasteiger partial charge < -0.3 is 10.2 Å². The number of nitrogens with zero attached hydrogens (tertiary/aromatic N) is 1. The number of nitrogens with one attached hydrogen (secondary N) is 1. The lowest BCUT2D eigenvalue weighted by Crippen LogP contribution is -2.41. The van der Waals surface area contributed by atoms with Gasteiger partial charge in [0.1, 0.15) is 0 Å². The first-order valence-electron chi connectivity index (χ1n) is 7.30. The summed E-state index contributed by atoms with van der Waals surface area (Å²) in [4.78, 5) is 4.12. The van der Waals surface area contributed by atoms with Crippen molar-refractivity contribution in [2.45, 2.75) is 52.1 Å². The molecule has 102 valence electrons. The van der Waals surface area contributed by atoms with E-state index in [1.807, 2.05) is 11.3 Å². The van der Waals surface area contributed by atoms with Crippen LogP contribution in [0.3, 0.4) is 0 Å². The molecular weight excluding hydrogens is 240 g/mol. The van der Waals surface area contributed by atoms with E-state index >= 15 is 0 Å². The molecule has 1 aromatic heterocycles. The van der Waals surface area contributed by atoms with Crippen LogP contribution in [-0.2, 0) is 13.0 Å². The van der Waals surface area contributed by atoms with Crippen LogP contribution in [0, 0.1) is 0 Å². The van der Waals surface area contributed by atoms with E-state index in [1.54, 1.807) is 0 Å². The Labute approximate surface area is 115 Å². The molecule has 0 aliphatic carbocycles. The molecule has 1 aliphatic heterocycles. The van der Waals surface area contributed by atoms with Crippen LogP contribution < -0.4 is 5.32 Å². The van der Waals surface area contributed by atoms with Crippen LogP contribution in [0.2, 0.25) is 0 Å². The molecule has 2 heterocycles. The summed E-state index contributed by atoms with van der Waals surface area (Å²) < 4.78 is 0. The fourth-order valence-electron chi connectivity index (χ4n) is 2.70. The zero-order valence-electron chi connectivity index (χ0n) is 11.7. The second-order valence-corrected chi connectivity index (χ2v) is 6.37. The minimum Gasteiger partial charge on any atom is -0.308 e. The predicted octanol–water partition coefficient (Wildman–Crippen LogP) is 3.27. The van der Waals surface area contributed by atoms with Crippen LogP contribution in [0.1, 0.15) is 43.6 Å². The van der Waals surface area contributed by atoms with E-state index in [-0.39, 0.29) is 0 Å². The maximum absolute atomic E-state index is 3.68. The zero-order chi connectivity index (χ0) is 12.8. The highest BCUT2D eigenvalue weighted by Crippen LogP contribution is 2.17. The SMILES string of the molecule is CCc1ccsc1CNC(C)CN1CCCCC1. The van der Waals surface area contributed by atoms with E-state index in [4.69, 9.17) is 0 Å². The average Bonchev–Trinajstić information content (AvgIpc) is 2.85. The minimum absolute atomic E-state index is 0.593. The lowest BCUT2D eigenvalue weighted by atomic mass is 10.1. The molecule has 1 saturated heterocycles. The van der Waals surface area contributed by atoms with Gasteiger partial charge in [-0.15, -0.1) is 11.3 Å². The summed E-state index contributed by atoms with van der Waals surface area (Å²) in [6.07, 6.45) is 5.35. The van der Waals surface area contributed by atoms with Crippen LogP contribution in [0.25, 0.3) is 0 Å². The predicted molar refractivity (Wildman–Crippen MR) is 80.3 cm³/mol. The molecule has 1 atom stereocenters. The summed E-state index contributed by atoms with van der Waals surface area (Å²) >= 11 is 1.89. The number of hydrogen-bond acceptors (Lipinski definition) is 3. The van der Waals surface area contributed by atoms with Gasteiger partial charge in [0.05, 0.1) is 0 Å². The number of aryl methyl sites for hydroxylation is 1. The van der Waals surface area contributed by atoms with Crippen molar-refractivity contribution in [3.63, 3.8) is 0 Å². The molecule has 0 aromatic carbocycles. The molecular formula is C15H26N2S. The molecule has 1 aliphatic rings. The van der Waals surface area contributed by atoms with Crippen LogP contribution in [0.4, 0.5) is 0 Å². The fraction of sp³-hybridized carbons (Fsp3) is 0.733. The van der Waals surface area contributed by atoms with Crippen molar-refractivity contribution in [3.8, 4) is 0 Å². The third kappa shape index (κ3) is 4.08. The lowest BCUT2D eigenvalue weighted by molar-refractivity contribution is 0.209. The van der Waals surface area contributed by atoms with Gasteiger partial charge in [-0.2, -0.15) is 0 Å². The maximum atomic E-state index is 3.68. The summed E-state index contributed by atoms with van der Waals surface area (Å²) in [7, 11) is 0. The molecule has 18 heavy (non-hydrogen) atoms. The van der Waals surface area contributed by atoms with Gasteiger partial charge in [0, 0.05) is 24.0 Å². The number of rotatable bonds is 6. The Kier molecular flexibility index (Phi) is 5.67. The van der Waals surface area contributed by atoms with Crippen molar-refractivity contribution >= 4 is 11.3 Å². The van der Waals surface area contributed by atoms with E-state index in [1.165, 1.54) is 49.3 Å². The number of likely N-dealkylation sites (tertiary alicyclic amines) is 1. The normalized spacial score (nSPS) is 19.0. The Morgan fingerprint density at radius 3 is 2.83 bits per heavy atom.